The number of hydrogen-bond acceptors (Lipinski definition) is 3. The average Bonchev–Trinajstić information content (AvgIpc) is 2.33. The minimum atomic E-state index is -3.14. The minimum Gasteiger partial charge on any atom is -0.300 e. The SMILES string of the molecule is CCN(CC)Cc1ccccc1CNS(C)(=O)=O. The highest BCUT2D eigenvalue weighted by atomic mass is 32.2. The molecule has 0 radical (unpaired) electrons. The van der Waals surface area contributed by atoms with Gasteiger partial charge in [-0.3, -0.25) is 4.90 Å². The lowest BCUT2D eigenvalue weighted by Crippen LogP contribution is -2.25. The Morgan fingerprint density at radius 1 is 1.11 bits per heavy atom. The summed E-state index contributed by atoms with van der Waals surface area (Å²) < 4.78 is 24.8. The number of sulfonamides is 1. The summed E-state index contributed by atoms with van der Waals surface area (Å²) in [5, 5.41) is 0. The minimum absolute atomic E-state index is 0.357. The van der Waals surface area contributed by atoms with Crippen molar-refractivity contribution < 1.29 is 8.42 Å². The fourth-order valence-electron chi connectivity index (χ4n) is 1.78. The molecule has 1 N–H and O–H groups in total. The third kappa shape index (κ3) is 5.16. The molecule has 4 nitrogen and oxygen atoms in total. The van der Waals surface area contributed by atoms with E-state index in [1.54, 1.807) is 0 Å². The Morgan fingerprint density at radius 3 is 2.17 bits per heavy atom. The maximum Gasteiger partial charge on any atom is 0.209 e. The van der Waals surface area contributed by atoms with Gasteiger partial charge in [0, 0.05) is 13.1 Å². The van der Waals surface area contributed by atoms with Crippen LogP contribution in [0.2, 0.25) is 0 Å². The van der Waals surface area contributed by atoms with Gasteiger partial charge in [0.05, 0.1) is 6.26 Å². The van der Waals surface area contributed by atoms with E-state index in [0.717, 1.165) is 25.2 Å². The molecular formula is C13H22N2O2S. The molecule has 1 aromatic rings. The lowest BCUT2D eigenvalue weighted by atomic mass is 10.1. The Balaban J connectivity index is 2.79. The van der Waals surface area contributed by atoms with Crippen molar-refractivity contribution in [1.82, 2.24) is 9.62 Å². The topological polar surface area (TPSA) is 49.4 Å². The number of benzene rings is 1. The van der Waals surface area contributed by atoms with Gasteiger partial charge in [0.2, 0.25) is 10.0 Å². The maximum absolute atomic E-state index is 11.1. The van der Waals surface area contributed by atoms with Gasteiger partial charge >= 0.3 is 0 Å². The summed E-state index contributed by atoms with van der Waals surface area (Å²) in [5.74, 6) is 0. The molecule has 0 unspecified atom stereocenters. The van der Waals surface area contributed by atoms with Crippen LogP contribution in [0.1, 0.15) is 25.0 Å². The fourth-order valence-corrected chi connectivity index (χ4v) is 2.20. The molecule has 0 saturated heterocycles. The molecule has 0 aliphatic rings. The van der Waals surface area contributed by atoms with Gasteiger partial charge in [-0.2, -0.15) is 0 Å². The predicted molar refractivity (Wildman–Crippen MR) is 74.8 cm³/mol. The van der Waals surface area contributed by atoms with Crippen LogP contribution in [0.15, 0.2) is 24.3 Å². The van der Waals surface area contributed by atoms with E-state index >= 15 is 0 Å². The van der Waals surface area contributed by atoms with Crippen LogP contribution in [0.5, 0.6) is 0 Å². The van der Waals surface area contributed by atoms with E-state index < -0.39 is 10.0 Å². The normalized spacial score (nSPS) is 12.0. The molecule has 0 atom stereocenters. The first-order valence-corrected chi connectivity index (χ1v) is 8.09. The second-order valence-corrected chi connectivity index (χ2v) is 6.16. The molecule has 0 aromatic heterocycles. The van der Waals surface area contributed by atoms with Crippen molar-refractivity contribution in [3.8, 4) is 0 Å². The highest BCUT2D eigenvalue weighted by Gasteiger charge is 2.07. The van der Waals surface area contributed by atoms with Crippen LogP contribution in [0.25, 0.3) is 0 Å². The predicted octanol–water partition coefficient (Wildman–Crippen LogP) is 1.58. The highest BCUT2D eigenvalue weighted by Crippen LogP contribution is 2.11. The van der Waals surface area contributed by atoms with Gasteiger partial charge in [-0.05, 0) is 24.2 Å². The Bertz CT molecular complexity index is 468. The van der Waals surface area contributed by atoms with E-state index in [9.17, 15) is 8.42 Å². The van der Waals surface area contributed by atoms with Crippen molar-refractivity contribution in [2.75, 3.05) is 19.3 Å². The summed E-state index contributed by atoms with van der Waals surface area (Å²) in [6.45, 7) is 7.45. The molecule has 0 fully saturated rings. The van der Waals surface area contributed by atoms with Crippen LogP contribution in [-0.2, 0) is 23.1 Å². The van der Waals surface area contributed by atoms with Crippen LogP contribution in [0, 0.1) is 0 Å². The van der Waals surface area contributed by atoms with Gasteiger partial charge < -0.3 is 0 Å². The molecule has 0 aliphatic heterocycles. The summed E-state index contributed by atoms with van der Waals surface area (Å²) in [7, 11) is -3.14. The molecule has 0 saturated carbocycles. The Hall–Kier alpha value is -0.910. The summed E-state index contributed by atoms with van der Waals surface area (Å²) >= 11 is 0. The van der Waals surface area contributed by atoms with Crippen molar-refractivity contribution in [3.63, 3.8) is 0 Å². The summed E-state index contributed by atoms with van der Waals surface area (Å²) in [4.78, 5) is 2.30. The molecule has 0 aliphatic carbocycles. The van der Waals surface area contributed by atoms with Gasteiger partial charge in [0.25, 0.3) is 0 Å². The van der Waals surface area contributed by atoms with Gasteiger partial charge in [0.1, 0.15) is 0 Å². The zero-order valence-electron chi connectivity index (χ0n) is 11.3. The lowest BCUT2D eigenvalue weighted by Gasteiger charge is -2.20. The van der Waals surface area contributed by atoms with Crippen molar-refractivity contribution in [3.05, 3.63) is 35.4 Å². The Labute approximate surface area is 110 Å². The first kappa shape index (κ1) is 15.1. The smallest absolute Gasteiger partial charge is 0.209 e. The molecule has 0 bridgehead atoms. The fraction of sp³-hybridized carbons (Fsp3) is 0.538. The third-order valence-corrected chi connectivity index (χ3v) is 3.60. The van der Waals surface area contributed by atoms with Crippen LogP contribution in [0.3, 0.4) is 0 Å². The molecule has 1 rings (SSSR count). The molecule has 18 heavy (non-hydrogen) atoms. The van der Waals surface area contributed by atoms with E-state index in [2.05, 4.69) is 29.5 Å². The van der Waals surface area contributed by atoms with E-state index in [1.807, 2.05) is 18.2 Å². The first-order chi connectivity index (χ1) is 8.46. The monoisotopic (exact) mass is 270 g/mol. The van der Waals surface area contributed by atoms with Crippen molar-refractivity contribution in [1.29, 1.82) is 0 Å². The lowest BCUT2D eigenvalue weighted by molar-refractivity contribution is 0.295. The van der Waals surface area contributed by atoms with Crippen molar-refractivity contribution in [2.24, 2.45) is 0 Å². The highest BCUT2D eigenvalue weighted by molar-refractivity contribution is 7.88. The molecule has 5 heteroatoms. The summed E-state index contributed by atoms with van der Waals surface area (Å²) in [5.41, 5.74) is 2.21. The molecular weight excluding hydrogens is 248 g/mol. The van der Waals surface area contributed by atoms with Gasteiger partial charge in [-0.15, -0.1) is 0 Å². The zero-order valence-corrected chi connectivity index (χ0v) is 12.1. The van der Waals surface area contributed by atoms with Crippen LogP contribution in [0.4, 0.5) is 0 Å². The number of nitrogens with one attached hydrogen (secondary N) is 1. The Morgan fingerprint density at radius 2 is 1.67 bits per heavy atom. The number of hydrogen-bond donors (Lipinski definition) is 1. The summed E-state index contributed by atoms with van der Waals surface area (Å²) in [6.07, 6.45) is 1.18. The van der Waals surface area contributed by atoms with Crippen LogP contribution in [-0.4, -0.2) is 32.7 Å². The second-order valence-electron chi connectivity index (χ2n) is 4.32. The number of rotatable bonds is 7. The summed E-state index contributed by atoms with van der Waals surface area (Å²) in [6, 6.07) is 7.95. The molecule has 0 spiro atoms. The first-order valence-electron chi connectivity index (χ1n) is 6.20. The largest absolute Gasteiger partial charge is 0.300 e. The van der Waals surface area contributed by atoms with Gasteiger partial charge in [-0.1, -0.05) is 38.1 Å². The second kappa shape index (κ2) is 6.87. The van der Waals surface area contributed by atoms with Crippen molar-refractivity contribution in [2.45, 2.75) is 26.9 Å². The van der Waals surface area contributed by atoms with E-state index in [-0.39, 0.29) is 0 Å². The standard InChI is InChI=1S/C13H22N2O2S/c1-4-15(5-2)11-13-9-7-6-8-12(13)10-14-18(3,16)17/h6-9,14H,4-5,10-11H2,1-3H3. The zero-order chi connectivity index (χ0) is 13.6. The van der Waals surface area contributed by atoms with E-state index in [0.29, 0.717) is 6.54 Å². The van der Waals surface area contributed by atoms with E-state index in [1.165, 1.54) is 11.8 Å². The molecule has 102 valence electrons. The molecule has 1 aromatic carbocycles. The molecule has 0 heterocycles. The van der Waals surface area contributed by atoms with Gasteiger partial charge in [0.15, 0.2) is 0 Å². The quantitative estimate of drug-likeness (QED) is 0.818. The van der Waals surface area contributed by atoms with Gasteiger partial charge in [-0.25, -0.2) is 13.1 Å². The number of nitrogens with zero attached hydrogens (tertiary/aromatic N) is 1. The van der Waals surface area contributed by atoms with E-state index in [4.69, 9.17) is 0 Å². The maximum atomic E-state index is 11.1. The Kier molecular flexibility index (Phi) is 5.78. The third-order valence-electron chi connectivity index (χ3n) is 2.93. The average molecular weight is 270 g/mol. The molecule has 0 amide bonds. The van der Waals surface area contributed by atoms with Crippen LogP contribution >= 0.6 is 0 Å². The van der Waals surface area contributed by atoms with Crippen molar-refractivity contribution >= 4 is 10.0 Å². The van der Waals surface area contributed by atoms with Crippen LogP contribution < -0.4 is 4.72 Å².